The van der Waals surface area contributed by atoms with Gasteiger partial charge in [-0.3, -0.25) is 4.79 Å². The lowest BCUT2D eigenvalue weighted by molar-refractivity contribution is -0.198. The van der Waals surface area contributed by atoms with E-state index in [0.29, 0.717) is 12.2 Å². The van der Waals surface area contributed by atoms with Crippen molar-refractivity contribution in [2.24, 2.45) is 0 Å². The second kappa shape index (κ2) is 11.3. The average molecular weight is 527 g/mol. The van der Waals surface area contributed by atoms with Gasteiger partial charge in [-0.15, -0.1) is 0 Å². The summed E-state index contributed by atoms with van der Waals surface area (Å²) in [7, 11) is -1.61. The molecule has 198 valence electrons. The molecule has 3 aliphatic heterocycles. The Balaban J connectivity index is 1.20. The number of sulfonamides is 1. The second-order valence-electron chi connectivity index (χ2n) is 9.74. The fourth-order valence-corrected chi connectivity index (χ4v) is 6.14. The summed E-state index contributed by atoms with van der Waals surface area (Å²) in [6.07, 6.45) is 3.85. The van der Waals surface area contributed by atoms with Crippen molar-refractivity contribution in [2.45, 2.75) is 30.4 Å². The van der Waals surface area contributed by atoms with Gasteiger partial charge in [0.05, 0.1) is 4.90 Å². The first-order valence-electron chi connectivity index (χ1n) is 12.8. The zero-order chi connectivity index (χ0) is 25.8. The molecule has 2 saturated heterocycles. The van der Waals surface area contributed by atoms with Crippen LogP contribution >= 0.6 is 0 Å². The molecule has 1 atom stereocenters. The van der Waals surface area contributed by atoms with Gasteiger partial charge in [0.15, 0.2) is 6.29 Å². The third kappa shape index (κ3) is 6.05. The van der Waals surface area contributed by atoms with Crippen molar-refractivity contribution in [3.63, 3.8) is 0 Å². The van der Waals surface area contributed by atoms with Crippen molar-refractivity contribution >= 4 is 21.6 Å². The van der Waals surface area contributed by atoms with Crippen LogP contribution in [0.4, 0.5) is 5.69 Å². The Morgan fingerprint density at radius 2 is 1.81 bits per heavy atom. The van der Waals surface area contributed by atoms with Crippen LogP contribution in [0, 0.1) is 0 Å². The molecular formula is C27H34N4O5S. The van der Waals surface area contributed by atoms with Crippen LogP contribution in [0.1, 0.15) is 19.3 Å². The van der Waals surface area contributed by atoms with Gasteiger partial charge < -0.3 is 14.5 Å². The number of nitrogens with zero attached hydrogens (tertiary/aromatic N) is 3. The second-order valence-corrected chi connectivity index (χ2v) is 11.7. The Morgan fingerprint density at radius 1 is 1.03 bits per heavy atom. The topological polar surface area (TPSA) is 91.4 Å². The molecule has 1 amide bonds. The molecule has 10 heteroatoms. The van der Waals surface area contributed by atoms with Gasteiger partial charge in [0.1, 0.15) is 0 Å². The molecule has 2 fully saturated rings. The number of rotatable bonds is 7. The molecule has 0 aromatic heterocycles. The van der Waals surface area contributed by atoms with E-state index in [9.17, 15) is 13.2 Å². The number of hydrogen-bond donors (Lipinski definition) is 1. The van der Waals surface area contributed by atoms with Crippen molar-refractivity contribution in [2.75, 3.05) is 57.8 Å². The van der Waals surface area contributed by atoms with E-state index in [1.54, 1.807) is 18.2 Å². The minimum absolute atomic E-state index is 0.00211. The van der Waals surface area contributed by atoms with Crippen LogP contribution in [0.5, 0.6) is 0 Å². The first kappa shape index (κ1) is 25.9. The molecule has 2 aromatic carbocycles. The monoisotopic (exact) mass is 526 g/mol. The van der Waals surface area contributed by atoms with Crippen LogP contribution in [0.2, 0.25) is 0 Å². The molecule has 5 rings (SSSR count). The number of amides is 1. The highest BCUT2D eigenvalue weighted by molar-refractivity contribution is 7.89. The number of nitrogens with one attached hydrogen (secondary N) is 1. The first-order chi connectivity index (χ1) is 17.9. The quantitative estimate of drug-likeness (QED) is 0.555. The maximum absolute atomic E-state index is 13.2. The van der Waals surface area contributed by atoms with Crippen molar-refractivity contribution < 1.29 is 22.8 Å². The van der Waals surface area contributed by atoms with Gasteiger partial charge in [-0.05, 0) is 55.3 Å². The van der Waals surface area contributed by atoms with Crippen molar-refractivity contribution in [3.8, 4) is 11.1 Å². The lowest BCUT2D eigenvalue weighted by Gasteiger charge is -2.34. The maximum Gasteiger partial charge on any atom is 0.271 e. The van der Waals surface area contributed by atoms with Crippen LogP contribution in [0.25, 0.3) is 11.1 Å². The smallest absolute Gasteiger partial charge is 0.271 e. The van der Waals surface area contributed by atoms with Gasteiger partial charge in [0.25, 0.3) is 5.91 Å². The number of benzene rings is 2. The number of hydrogen-bond acceptors (Lipinski definition) is 7. The average Bonchev–Trinajstić information content (AvgIpc) is 3.45. The first-order valence-corrected chi connectivity index (χ1v) is 14.2. The lowest BCUT2D eigenvalue weighted by atomic mass is 10.0. The van der Waals surface area contributed by atoms with Gasteiger partial charge in [-0.2, -0.15) is 4.31 Å². The van der Waals surface area contributed by atoms with Crippen LogP contribution in [-0.4, -0.2) is 82.7 Å². The van der Waals surface area contributed by atoms with Gasteiger partial charge in [0, 0.05) is 63.6 Å². The van der Waals surface area contributed by atoms with Gasteiger partial charge in [0.2, 0.25) is 10.0 Å². The number of carbonyl (C=O) groups is 1. The highest BCUT2D eigenvalue weighted by atomic mass is 32.2. The van der Waals surface area contributed by atoms with E-state index >= 15 is 0 Å². The summed E-state index contributed by atoms with van der Waals surface area (Å²) in [5, 5.41) is 0. The maximum atomic E-state index is 13.2. The largest absolute Gasteiger partial charge is 0.369 e. The molecule has 0 radical (unpaired) electrons. The fraction of sp³-hybridized carbons (Fsp3) is 0.444. The molecule has 37 heavy (non-hydrogen) atoms. The van der Waals surface area contributed by atoms with E-state index in [-0.39, 0.29) is 18.0 Å². The summed E-state index contributed by atoms with van der Waals surface area (Å²) in [6, 6.07) is 15.3. The van der Waals surface area contributed by atoms with Crippen molar-refractivity contribution in [3.05, 3.63) is 60.2 Å². The van der Waals surface area contributed by atoms with E-state index in [2.05, 4.69) is 34.5 Å². The molecule has 3 aliphatic rings. The normalized spacial score (nSPS) is 21.6. The molecule has 0 bridgehead atoms. The Morgan fingerprint density at radius 3 is 2.54 bits per heavy atom. The van der Waals surface area contributed by atoms with E-state index in [1.165, 1.54) is 9.99 Å². The van der Waals surface area contributed by atoms with E-state index in [4.69, 9.17) is 9.57 Å². The molecule has 0 saturated carbocycles. The SMILES string of the molecule is CN1CCN(c2cccc(-c3ccc(S(=O)(=O)N4CC=C(C(=O)NOC5CCCCO5)C4)cc3)c2)CC1. The van der Waals surface area contributed by atoms with Crippen LogP contribution in [-0.2, 0) is 24.4 Å². The number of anilines is 1. The number of piperazine rings is 1. The third-order valence-electron chi connectivity index (χ3n) is 7.14. The third-order valence-corrected chi connectivity index (χ3v) is 8.97. The standard InChI is InChI=1S/C27H34N4O5S/c1-29-14-16-30(17-15-29)24-6-4-5-22(19-24)21-8-10-25(11-9-21)37(33,34)31-13-12-23(20-31)27(32)28-36-26-7-2-3-18-35-26/h4-6,8-12,19,26H,2-3,7,13-18,20H2,1H3,(H,28,32). The lowest BCUT2D eigenvalue weighted by Crippen LogP contribution is -2.44. The summed E-state index contributed by atoms with van der Waals surface area (Å²) in [4.78, 5) is 22.7. The Labute approximate surface area is 218 Å². The summed E-state index contributed by atoms with van der Waals surface area (Å²) in [5.74, 6) is -0.442. The van der Waals surface area contributed by atoms with Crippen LogP contribution < -0.4 is 10.4 Å². The minimum atomic E-state index is -3.75. The molecular weight excluding hydrogens is 492 g/mol. The summed E-state index contributed by atoms with van der Waals surface area (Å²) in [6.45, 7) is 4.79. The Kier molecular flexibility index (Phi) is 7.92. The van der Waals surface area contributed by atoms with Crippen LogP contribution in [0.15, 0.2) is 65.1 Å². The number of carbonyl (C=O) groups excluding carboxylic acids is 1. The minimum Gasteiger partial charge on any atom is -0.369 e. The molecule has 3 heterocycles. The fourth-order valence-electron chi connectivity index (χ4n) is 4.78. The Hall–Kier alpha value is -2.76. The number of ether oxygens (including phenoxy) is 1. The number of hydroxylamine groups is 1. The van der Waals surface area contributed by atoms with Gasteiger partial charge >= 0.3 is 0 Å². The van der Waals surface area contributed by atoms with E-state index in [1.807, 2.05) is 24.3 Å². The molecule has 2 aromatic rings. The summed E-state index contributed by atoms with van der Waals surface area (Å²) < 4.78 is 33.2. The van der Waals surface area contributed by atoms with Crippen LogP contribution in [0.3, 0.4) is 0 Å². The van der Waals surface area contributed by atoms with E-state index in [0.717, 1.165) is 56.6 Å². The van der Waals surface area contributed by atoms with Crippen molar-refractivity contribution in [1.29, 1.82) is 0 Å². The van der Waals surface area contributed by atoms with Gasteiger partial charge in [-0.1, -0.05) is 30.3 Å². The summed E-state index contributed by atoms with van der Waals surface area (Å²) >= 11 is 0. The zero-order valence-corrected chi connectivity index (χ0v) is 22.0. The molecule has 9 nitrogen and oxygen atoms in total. The number of likely N-dealkylation sites (N-methyl/N-ethyl adjacent to an activating group) is 1. The predicted octanol–water partition coefficient (Wildman–Crippen LogP) is 2.61. The molecule has 1 N–H and O–H groups in total. The highest BCUT2D eigenvalue weighted by Crippen LogP contribution is 2.28. The molecule has 0 spiro atoms. The van der Waals surface area contributed by atoms with E-state index < -0.39 is 22.2 Å². The predicted molar refractivity (Wildman–Crippen MR) is 141 cm³/mol. The van der Waals surface area contributed by atoms with Crippen molar-refractivity contribution in [1.82, 2.24) is 14.7 Å². The Bertz CT molecular complexity index is 1230. The molecule has 1 unspecified atom stereocenters. The highest BCUT2D eigenvalue weighted by Gasteiger charge is 2.31. The molecule has 0 aliphatic carbocycles. The zero-order valence-electron chi connectivity index (χ0n) is 21.1. The summed E-state index contributed by atoms with van der Waals surface area (Å²) in [5.41, 5.74) is 5.94. The van der Waals surface area contributed by atoms with Gasteiger partial charge in [-0.25, -0.2) is 18.7 Å².